The normalized spacial score (nSPS) is 17.0. The molecule has 1 amide bonds. The molecule has 2 heterocycles. The summed E-state index contributed by atoms with van der Waals surface area (Å²) in [4.78, 5) is 18.6. The summed E-state index contributed by atoms with van der Waals surface area (Å²) in [5.41, 5.74) is 7.21. The smallest absolute Gasteiger partial charge is 0.228 e. The van der Waals surface area contributed by atoms with Crippen LogP contribution in [0.5, 0.6) is 0 Å². The Morgan fingerprint density at radius 1 is 1.38 bits per heavy atom. The van der Waals surface area contributed by atoms with Crippen LogP contribution in [0.3, 0.4) is 0 Å². The molecule has 1 fully saturated rings. The Hall–Kier alpha value is -2.21. The highest BCUT2D eigenvalue weighted by Gasteiger charge is 2.25. The number of benzene rings is 1. The monoisotopic (exact) mass is 331 g/mol. The van der Waals surface area contributed by atoms with E-state index < -0.39 is 0 Å². The van der Waals surface area contributed by atoms with E-state index in [9.17, 15) is 9.18 Å². The fraction of sp³-hybridized carbons (Fsp3) is 0.444. The molecule has 5 nitrogen and oxygen atoms in total. The van der Waals surface area contributed by atoms with Crippen molar-refractivity contribution >= 4 is 5.91 Å². The molecule has 3 rings (SSSR count). The van der Waals surface area contributed by atoms with Gasteiger partial charge in [0.25, 0.3) is 0 Å². The van der Waals surface area contributed by atoms with E-state index in [4.69, 9.17) is 10.2 Å². The van der Waals surface area contributed by atoms with Crippen LogP contribution in [0.2, 0.25) is 0 Å². The lowest BCUT2D eigenvalue weighted by Gasteiger charge is -2.33. The molecule has 1 aliphatic heterocycles. The Kier molecular flexibility index (Phi) is 4.94. The number of likely N-dealkylation sites (tertiary alicyclic amines) is 1. The third kappa shape index (κ3) is 3.82. The summed E-state index contributed by atoms with van der Waals surface area (Å²) < 4.78 is 18.4. The highest BCUT2D eigenvalue weighted by molar-refractivity contribution is 5.78. The minimum atomic E-state index is -0.309. The van der Waals surface area contributed by atoms with Crippen LogP contribution in [-0.2, 0) is 11.2 Å². The van der Waals surface area contributed by atoms with E-state index in [-0.39, 0.29) is 24.2 Å². The van der Waals surface area contributed by atoms with E-state index in [0.29, 0.717) is 23.1 Å². The van der Waals surface area contributed by atoms with Gasteiger partial charge in [0.05, 0.1) is 12.1 Å². The van der Waals surface area contributed by atoms with Gasteiger partial charge in [-0.15, -0.1) is 0 Å². The second kappa shape index (κ2) is 7.13. The van der Waals surface area contributed by atoms with Gasteiger partial charge >= 0.3 is 0 Å². The van der Waals surface area contributed by atoms with Gasteiger partial charge in [-0.05, 0) is 49.9 Å². The SMILES string of the molecule is CC(N)C1CCN(C(=O)Cc2coc(-c3ccc(F)cc3)n2)CC1. The van der Waals surface area contributed by atoms with Crippen molar-refractivity contribution in [2.75, 3.05) is 13.1 Å². The Balaban J connectivity index is 1.59. The number of hydrogen-bond donors (Lipinski definition) is 1. The van der Waals surface area contributed by atoms with Gasteiger partial charge in [-0.25, -0.2) is 9.37 Å². The van der Waals surface area contributed by atoms with E-state index in [1.807, 2.05) is 11.8 Å². The summed E-state index contributed by atoms with van der Waals surface area (Å²) in [6.07, 6.45) is 3.60. The molecule has 0 bridgehead atoms. The van der Waals surface area contributed by atoms with E-state index in [2.05, 4.69) is 4.98 Å². The van der Waals surface area contributed by atoms with Crippen LogP contribution in [0.15, 0.2) is 34.9 Å². The highest BCUT2D eigenvalue weighted by Crippen LogP contribution is 2.22. The van der Waals surface area contributed by atoms with Crippen molar-refractivity contribution in [3.63, 3.8) is 0 Å². The first-order valence-electron chi connectivity index (χ1n) is 8.26. The number of nitrogens with two attached hydrogens (primary N) is 1. The molecule has 128 valence electrons. The molecule has 1 aromatic heterocycles. The molecule has 1 atom stereocenters. The minimum Gasteiger partial charge on any atom is -0.444 e. The lowest BCUT2D eigenvalue weighted by Crippen LogP contribution is -2.43. The summed E-state index contributed by atoms with van der Waals surface area (Å²) in [7, 11) is 0. The van der Waals surface area contributed by atoms with Crippen molar-refractivity contribution in [3.8, 4) is 11.5 Å². The molecule has 2 aromatic rings. The van der Waals surface area contributed by atoms with Crippen molar-refractivity contribution < 1.29 is 13.6 Å². The van der Waals surface area contributed by atoms with Gasteiger partial charge in [0.2, 0.25) is 11.8 Å². The predicted octanol–water partition coefficient (Wildman–Crippen LogP) is 2.61. The van der Waals surface area contributed by atoms with Gasteiger partial charge < -0.3 is 15.1 Å². The quantitative estimate of drug-likeness (QED) is 0.935. The van der Waals surface area contributed by atoms with E-state index in [1.54, 1.807) is 12.1 Å². The summed E-state index contributed by atoms with van der Waals surface area (Å²) in [5.74, 6) is 0.632. The second-order valence-electron chi connectivity index (χ2n) is 6.40. The Morgan fingerprint density at radius 2 is 2.04 bits per heavy atom. The highest BCUT2D eigenvalue weighted by atomic mass is 19.1. The van der Waals surface area contributed by atoms with Crippen LogP contribution in [-0.4, -0.2) is 34.9 Å². The lowest BCUT2D eigenvalue weighted by atomic mass is 9.91. The third-order valence-corrected chi connectivity index (χ3v) is 4.61. The zero-order valence-corrected chi connectivity index (χ0v) is 13.7. The fourth-order valence-electron chi connectivity index (χ4n) is 3.05. The number of aromatic nitrogens is 1. The summed E-state index contributed by atoms with van der Waals surface area (Å²) >= 11 is 0. The third-order valence-electron chi connectivity index (χ3n) is 4.61. The summed E-state index contributed by atoms with van der Waals surface area (Å²) in [6.45, 7) is 3.51. The minimum absolute atomic E-state index is 0.0529. The average Bonchev–Trinajstić information content (AvgIpc) is 3.04. The molecule has 6 heteroatoms. The van der Waals surface area contributed by atoms with Crippen molar-refractivity contribution in [2.24, 2.45) is 11.7 Å². The molecule has 1 saturated heterocycles. The largest absolute Gasteiger partial charge is 0.444 e. The first kappa shape index (κ1) is 16.6. The van der Waals surface area contributed by atoms with E-state index in [0.717, 1.165) is 25.9 Å². The fourth-order valence-corrected chi connectivity index (χ4v) is 3.05. The number of oxazole rings is 1. The van der Waals surface area contributed by atoms with Gasteiger partial charge in [0.15, 0.2) is 0 Å². The lowest BCUT2D eigenvalue weighted by molar-refractivity contribution is -0.132. The number of carbonyl (C=O) groups excluding carboxylic acids is 1. The Labute approximate surface area is 140 Å². The van der Waals surface area contributed by atoms with Crippen LogP contribution >= 0.6 is 0 Å². The molecule has 0 spiro atoms. The van der Waals surface area contributed by atoms with Gasteiger partial charge in [-0.2, -0.15) is 0 Å². The number of halogens is 1. The van der Waals surface area contributed by atoms with Crippen molar-refractivity contribution in [1.29, 1.82) is 0 Å². The van der Waals surface area contributed by atoms with E-state index >= 15 is 0 Å². The van der Waals surface area contributed by atoms with Gasteiger partial charge in [0, 0.05) is 24.7 Å². The van der Waals surface area contributed by atoms with Crippen LogP contribution in [0.1, 0.15) is 25.5 Å². The predicted molar refractivity (Wildman–Crippen MR) is 88.6 cm³/mol. The first-order valence-corrected chi connectivity index (χ1v) is 8.26. The first-order chi connectivity index (χ1) is 11.5. The zero-order chi connectivity index (χ0) is 17.1. The molecule has 1 aromatic carbocycles. The Bertz CT molecular complexity index is 689. The number of carbonyl (C=O) groups is 1. The van der Waals surface area contributed by atoms with Crippen LogP contribution in [0, 0.1) is 11.7 Å². The zero-order valence-electron chi connectivity index (χ0n) is 13.7. The maximum absolute atomic E-state index is 13.0. The van der Waals surface area contributed by atoms with Gasteiger partial charge in [-0.1, -0.05) is 0 Å². The topological polar surface area (TPSA) is 72.4 Å². The number of hydrogen-bond acceptors (Lipinski definition) is 4. The molecule has 1 unspecified atom stereocenters. The van der Waals surface area contributed by atoms with E-state index in [1.165, 1.54) is 18.4 Å². The standard InChI is InChI=1S/C18H22FN3O2/c1-12(20)13-6-8-22(9-7-13)17(23)10-16-11-24-18(21-16)14-2-4-15(19)5-3-14/h2-5,11-13H,6-10,20H2,1H3. The molecule has 24 heavy (non-hydrogen) atoms. The number of amides is 1. The number of piperidine rings is 1. The van der Waals surface area contributed by atoms with Crippen molar-refractivity contribution in [2.45, 2.75) is 32.2 Å². The average molecular weight is 331 g/mol. The molecular weight excluding hydrogens is 309 g/mol. The maximum Gasteiger partial charge on any atom is 0.228 e. The van der Waals surface area contributed by atoms with Crippen LogP contribution in [0.25, 0.3) is 11.5 Å². The van der Waals surface area contributed by atoms with Crippen molar-refractivity contribution in [3.05, 3.63) is 42.0 Å². The summed E-state index contributed by atoms with van der Waals surface area (Å²) in [6, 6.07) is 6.09. The second-order valence-corrected chi connectivity index (χ2v) is 6.40. The Morgan fingerprint density at radius 3 is 2.67 bits per heavy atom. The number of rotatable bonds is 4. The number of nitrogens with zero attached hydrogens (tertiary/aromatic N) is 2. The molecule has 2 N–H and O–H groups in total. The van der Waals surface area contributed by atoms with Gasteiger partial charge in [0.1, 0.15) is 12.1 Å². The van der Waals surface area contributed by atoms with Crippen molar-refractivity contribution in [1.82, 2.24) is 9.88 Å². The molecule has 0 radical (unpaired) electrons. The molecule has 1 aliphatic rings. The molecular formula is C18H22FN3O2. The molecule has 0 saturated carbocycles. The summed E-state index contributed by atoms with van der Waals surface area (Å²) in [5, 5.41) is 0. The van der Waals surface area contributed by atoms with Crippen LogP contribution < -0.4 is 5.73 Å². The maximum atomic E-state index is 13.0. The van der Waals surface area contributed by atoms with Gasteiger partial charge in [-0.3, -0.25) is 4.79 Å². The molecule has 0 aliphatic carbocycles. The van der Waals surface area contributed by atoms with Crippen LogP contribution in [0.4, 0.5) is 4.39 Å².